The molecular weight excluding hydrogens is 320 g/mol. The summed E-state index contributed by atoms with van der Waals surface area (Å²) in [6.45, 7) is 5.27. The number of hydrogen-bond donors (Lipinski definition) is 1. The molecule has 2 fully saturated rings. The highest BCUT2D eigenvalue weighted by atomic mass is 16.1. The fraction of sp³-hybridized carbons (Fsp3) is 0.609. The molecule has 1 N–H and O–H groups in total. The van der Waals surface area contributed by atoms with Gasteiger partial charge in [-0.25, -0.2) is 0 Å². The van der Waals surface area contributed by atoms with E-state index in [1.54, 1.807) is 0 Å². The quantitative estimate of drug-likeness (QED) is 0.781. The maximum absolute atomic E-state index is 12.6. The summed E-state index contributed by atoms with van der Waals surface area (Å²) in [5.74, 6) is 0.529. The minimum atomic E-state index is 0.216. The molecule has 1 amide bonds. The molecule has 1 saturated heterocycles. The van der Waals surface area contributed by atoms with Crippen LogP contribution >= 0.6 is 0 Å². The first-order valence-corrected chi connectivity index (χ1v) is 10.5. The second kappa shape index (κ2) is 9.91. The largest absolute Gasteiger partial charge is 0.353 e. The van der Waals surface area contributed by atoms with E-state index in [-0.39, 0.29) is 5.92 Å². The lowest BCUT2D eigenvalue weighted by molar-refractivity contribution is -0.127. The first-order chi connectivity index (χ1) is 12.7. The normalized spacial score (nSPS) is 21.3. The van der Waals surface area contributed by atoms with Gasteiger partial charge in [0.05, 0.1) is 0 Å². The van der Waals surface area contributed by atoms with Gasteiger partial charge in [0, 0.05) is 18.5 Å². The van der Waals surface area contributed by atoms with Crippen molar-refractivity contribution >= 4 is 12.0 Å². The number of nitrogens with zero attached hydrogens (tertiary/aromatic N) is 1. The van der Waals surface area contributed by atoms with Crippen LogP contribution in [0.25, 0.3) is 6.08 Å². The van der Waals surface area contributed by atoms with Crippen molar-refractivity contribution < 1.29 is 4.79 Å². The van der Waals surface area contributed by atoms with E-state index in [9.17, 15) is 4.79 Å². The minimum absolute atomic E-state index is 0.216. The van der Waals surface area contributed by atoms with Crippen LogP contribution in [0, 0.1) is 5.92 Å². The standard InChI is InChI=1S/C23H34N2O/c1-19(17-20-9-5-4-6-10-20)18-25-15-13-21(14-16-25)23(26)24-22-11-7-2-3-8-12-22/h4-6,9-10,17,21-22H,2-3,7-8,11-16,18H2,1H3,(H,24,26)/b19-17+. The number of hydrogen-bond acceptors (Lipinski definition) is 2. The fourth-order valence-electron chi connectivity index (χ4n) is 4.33. The van der Waals surface area contributed by atoms with Gasteiger partial charge in [-0.3, -0.25) is 9.69 Å². The first-order valence-electron chi connectivity index (χ1n) is 10.5. The summed E-state index contributed by atoms with van der Waals surface area (Å²) in [5, 5.41) is 3.35. The summed E-state index contributed by atoms with van der Waals surface area (Å²) in [5.41, 5.74) is 2.65. The van der Waals surface area contributed by atoms with Crippen LogP contribution in [0.3, 0.4) is 0 Å². The molecule has 0 unspecified atom stereocenters. The molecule has 1 heterocycles. The van der Waals surface area contributed by atoms with E-state index in [1.807, 2.05) is 0 Å². The van der Waals surface area contributed by atoms with Crippen LogP contribution in [0.15, 0.2) is 35.9 Å². The second-order valence-corrected chi connectivity index (χ2v) is 8.15. The highest BCUT2D eigenvalue weighted by molar-refractivity contribution is 5.79. The molecule has 1 aromatic carbocycles. The Morgan fingerprint density at radius 3 is 2.35 bits per heavy atom. The van der Waals surface area contributed by atoms with Gasteiger partial charge in [-0.15, -0.1) is 0 Å². The average Bonchev–Trinajstić information content (AvgIpc) is 2.91. The van der Waals surface area contributed by atoms with Crippen molar-refractivity contribution in [3.8, 4) is 0 Å². The maximum atomic E-state index is 12.6. The number of nitrogens with one attached hydrogen (secondary N) is 1. The van der Waals surface area contributed by atoms with Crippen LogP contribution in [0.5, 0.6) is 0 Å². The van der Waals surface area contributed by atoms with E-state index in [2.05, 4.69) is 53.5 Å². The first kappa shape index (κ1) is 19.2. The SMILES string of the molecule is C/C(=C\c1ccccc1)CN1CCC(C(=O)NC2CCCCCC2)CC1. The zero-order valence-electron chi connectivity index (χ0n) is 16.3. The maximum Gasteiger partial charge on any atom is 0.223 e. The molecule has 1 saturated carbocycles. The van der Waals surface area contributed by atoms with Gasteiger partial charge in [-0.05, 0) is 51.3 Å². The van der Waals surface area contributed by atoms with Gasteiger partial charge in [0.25, 0.3) is 0 Å². The predicted octanol–water partition coefficient (Wildman–Crippen LogP) is 4.64. The lowest BCUT2D eigenvalue weighted by atomic mass is 9.94. The number of piperidine rings is 1. The van der Waals surface area contributed by atoms with E-state index >= 15 is 0 Å². The fourth-order valence-corrected chi connectivity index (χ4v) is 4.33. The van der Waals surface area contributed by atoms with Crippen molar-refractivity contribution in [2.75, 3.05) is 19.6 Å². The van der Waals surface area contributed by atoms with Gasteiger partial charge in [0.1, 0.15) is 0 Å². The molecule has 0 atom stereocenters. The van der Waals surface area contributed by atoms with E-state index in [0.717, 1.165) is 32.5 Å². The molecule has 142 valence electrons. The molecule has 0 spiro atoms. The molecule has 0 radical (unpaired) electrons. The van der Waals surface area contributed by atoms with Gasteiger partial charge in [0.15, 0.2) is 0 Å². The molecule has 1 aromatic rings. The van der Waals surface area contributed by atoms with Crippen molar-refractivity contribution in [3.05, 3.63) is 41.5 Å². The molecule has 3 rings (SSSR count). The van der Waals surface area contributed by atoms with Crippen molar-refractivity contribution in [1.29, 1.82) is 0 Å². The van der Waals surface area contributed by atoms with Crippen LogP contribution in [0.1, 0.15) is 63.9 Å². The summed E-state index contributed by atoms with van der Waals surface area (Å²) < 4.78 is 0. The third kappa shape index (κ3) is 5.98. The number of carbonyl (C=O) groups is 1. The van der Waals surface area contributed by atoms with Crippen LogP contribution in [0.4, 0.5) is 0 Å². The van der Waals surface area contributed by atoms with Gasteiger partial charge in [-0.2, -0.15) is 0 Å². The molecule has 26 heavy (non-hydrogen) atoms. The Hall–Kier alpha value is -1.61. The average molecular weight is 355 g/mol. The van der Waals surface area contributed by atoms with Crippen LogP contribution in [0.2, 0.25) is 0 Å². The third-order valence-electron chi connectivity index (χ3n) is 5.85. The third-order valence-corrected chi connectivity index (χ3v) is 5.85. The smallest absolute Gasteiger partial charge is 0.223 e. The Balaban J connectivity index is 1.42. The highest BCUT2D eigenvalue weighted by Crippen LogP contribution is 2.21. The summed E-state index contributed by atoms with van der Waals surface area (Å²) in [7, 11) is 0. The molecule has 2 aliphatic rings. The van der Waals surface area contributed by atoms with Gasteiger partial charge < -0.3 is 5.32 Å². The lowest BCUT2D eigenvalue weighted by Crippen LogP contribution is -2.44. The molecule has 1 aliphatic carbocycles. The van der Waals surface area contributed by atoms with Gasteiger partial charge in [0.2, 0.25) is 5.91 Å². The summed E-state index contributed by atoms with van der Waals surface area (Å²) in [6.07, 6.45) is 11.8. The number of benzene rings is 1. The number of amides is 1. The Kier molecular flexibility index (Phi) is 7.31. The number of likely N-dealkylation sites (tertiary alicyclic amines) is 1. The Bertz CT molecular complexity index is 579. The van der Waals surface area contributed by atoms with Gasteiger partial charge in [-0.1, -0.05) is 67.7 Å². The highest BCUT2D eigenvalue weighted by Gasteiger charge is 2.26. The predicted molar refractivity (Wildman–Crippen MR) is 109 cm³/mol. The topological polar surface area (TPSA) is 32.3 Å². The van der Waals surface area contributed by atoms with E-state index in [4.69, 9.17) is 0 Å². The molecule has 3 heteroatoms. The Morgan fingerprint density at radius 1 is 1.04 bits per heavy atom. The molecular formula is C23H34N2O. The Morgan fingerprint density at radius 2 is 1.69 bits per heavy atom. The molecule has 1 aliphatic heterocycles. The number of carbonyl (C=O) groups excluding carboxylic acids is 1. The molecule has 3 nitrogen and oxygen atoms in total. The monoisotopic (exact) mass is 354 g/mol. The van der Waals surface area contributed by atoms with Crippen molar-refractivity contribution in [3.63, 3.8) is 0 Å². The molecule has 0 aromatic heterocycles. The Labute approximate surface area is 158 Å². The second-order valence-electron chi connectivity index (χ2n) is 8.15. The van der Waals surface area contributed by atoms with Crippen LogP contribution in [-0.2, 0) is 4.79 Å². The lowest BCUT2D eigenvalue weighted by Gasteiger charge is -2.32. The summed E-state index contributed by atoms with van der Waals surface area (Å²) in [6, 6.07) is 10.9. The van der Waals surface area contributed by atoms with Crippen LogP contribution < -0.4 is 5.32 Å². The van der Waals surface area contributed by atoms with Crippen molar-refractivity contribution in [1.82, 2.24) is 10.2 Å². The van der Waals surface area contributed by atoms with Gasteiger partial charge >= 0.3 is 0 Å². The number of rotatable bonds is 5. The van der Waals surface area contributed by atoms with E-state index in [1.165, 1.54) is 49.7 Å². The van der Waals surface area contributed by atoms with E-state index < -0.39 is 0 Å². The zero-order valence-corrected chi connectivity index (χ0v) is 16.3. The zero-order chi connectivity index (χ0) is 18.2. The van der Waals surface area contributed by atoms with Crippen molar-refractivity contribution in [2.24, 2.45) is 5.92 Å². The minimum Gasteiger partial charge on any atom is -0.353 e. The van der Waals surface area contributed by atoms with E-state index in [0.29, 0.717) is 11.9 Å². The van der Waals surface area contributed by atoms with Crippen molar-refractivity contribution in [2.45, 2.75) is 64.3 Å². The molecule has 0 bridgehead atoms. The van der Waals surface area contributed by atoms with Crippen LogP contribution in [-0.4, -0.2) is 36.5 Å². The summed E-state index contributed by atoms with van der Waals surface area (Å²) >= 11 is 0. The summed E-state index contributed by atoms with van der Waals surface area (Å²) in [4.78, 5) is 15.1.